The van der Waals surface area contributed by atoms with E-state index in [-0.39, 0.29) is 29.1 Å². The Balaban J connectivity index is 1.91. The molecule has 0 aliphatic heterocycles. The van der Waals surface area contributed by atoms with Crippen LogP contribution >= 0.6 is 0 Å². The number of halogens is 5. The van der Waals surface area contributed by atoms with E-state index >= 15 is 0 Å². The fourth-order valence-electron chi connectivity index (χ4n) is 2.73. The summed E-state index contributed by atoms with van der Waals surface area (Å²) in [6, 6.07) is 9.14. The van der Waals surface area contributed by atoms with Crippen molar-refractivity contribution in [2.75, 3.05) is 0 Å². The van der Waals surface area contributed by atoms with Crippen LogP contribution in [0.2, 0.25) is 0 Å². The summed E-state index contributed by atoms with van der Waals surface area (Å²) in [6.07, 6.45) is -3.38. The first-order chi connectivity index (χ1) is 13.2. The van der Waals surface area contributed by atoms with Crippen LogP contribution in [-0.4, -0.2) is 22.6 Å². The highest BCUT2D eigenvalue weighted by Crippen LogP contribution is 2.34. The Kier molecular flexibility index (Phi) is 5.00. The monoisotopic (exact) mass is 398 g/mol. The van der Waals surface area contributed by atoms with Gasteiger partial charge in [0, 0.05) is 11.6 Å². The maximum atomic E-state index is 12.4. The van der Waals surface area contributed by atoms with Crippen LogP contribution in [0.1, 0.15) is 11.1 Å². The summed E-state index contributed by atoms with van der Waals surface area (Å²) in [6.45, 7) is -3.01. The van der Waals surface area contributed by atoms with E-state index in [4.69, 9.17) is 0 Å². The molecule has 1 N–H and O–H groups in total. The van der Waals surface area contributed by atoms with Crippen LogP contribution in [0.15, 0.2) is 42.6 Å². The maximum absolute atomic E-state index is 12.4. The van der Waals surface area contributed by atoms with E-state index in [1.165, 1.54) is 29.0 Å². The van der Waals surface area contributed by atoms with E-state index < -0.39 is 18.7 Å². The molecule has 146 valence electrons. The van der Waals surface area contributed by atoms with E-state index in [1.54, 1.807) is 0 Å². The molecule has 1 aromatic heterocycles. The van der Waals surface area contributed by atoms with Crippen molar-refractivity contribution in [2.45, 2.75) is 19.5 Å². The SMILES string of the molecule is N#Cc1cc(OC(F)F)cc2cn(Cc3ccc(OC(F)(F)F)cc3)c(O)c12. The van der Waals surface area contributed by atoms with Gasteiger partial charge in [0.05, 0.1) is 17.5 Å². The third kappa shape index (κ3) is 4.25. The highest BCUT2D eigenvalue weighted by molar-refractivity contribution is 5.94. The maximum Gasteiger partial charge on any atom is 0.573 e. The highest BCUT2D eigenvalue weighted by Gasteiger charge is 2.31. The summed E-state index contributed by atoms with van der Waals surface area (Å²) in [5, 5.41) is 20.1. The van der Waals surface area contributed by atoms with E-state index in [2.05, 4.69) is 9.47 Å². The second-order valence-corrected chi connectivity index (χ2v) is 5.70. The van der Waals surface area contributed by atoms with Gasteiger partial charge in [-0.15, -0.1) is 13.2 Å². The summed E-state index contributed by atoms with van der Waals surface area (Å²) in [5.74, 6) is -0.908. The van der Waals surface area contributed by atoms with Gasteiger partial charge in [-0.1, -0.05) is 12.1 Å². The van der Waals surface area contributed by atoms with Crippen molar-refractivity contribution in [3.05, 3.63) is 53.7 Å². The lowest BCUT2D eigenvalue weighted by Gasteiger charge is -2.10. The van der Waals surface area contributed by atoms with Crippen LogP contribution in [0.4, 0.5) is 22.0 Å². The number of hydrogen-bond donors (Lipinski definition) is 1. The smallest absolute Gasteiger partial charge is 0.494 e. The Morgan fingerprint density at radius 2 is 1.79 bits per heavy atom. The molecular formula is C18H11F5N2O3. The molecule has 28 heavy (non-hydrogen) atoms. The fraction of sp³-hybridized carbons (Fsp3) is 0.167. The first kappa shape index (κ1) is 19.3. The van der Waals surface area contributed by atoms with E-state index in [0.29, 0.717) is 10.9 Å². The molecule has 0 amide bonds. The van der Waals surface area contributed by atoms with Gasteiger partial charge in [0.25, 0.3) is 0 Å². The van der Waals surface area contributed by atoms with Gasteiger partial charge in [-0.3, -0.25) is 0 Å². The standard InChI is InChI=1S/C18H11F5N2O3/c19-17(20)27-14-5-11(7-24)15-12(6-14)9-25(16(15)26)8-10-1-3-13(4-2-10)28-18(21,22)23/h1-6,9,17,26H,8H2. The molecule has 0 radical (unpaired) electrons. The first-order valence-electron chi connectivity index (χ1n) is 7.72. The van der Waals surface area contributed by atoms with Gasteiger partial charge in [-0.25, -0.2) is 0 Å². The van der Waals surface area contributed by atoms with E-state index in [9.17, 15) is 32.3 Å². The summed E-state index contributed by atoms with van der Waals surface area (Å²) < 4.78 is 70.9. The lowest BCUT2D eigenvalue weighted by Crippen LogP contribution is -2.17. The van der Waals surface area contributed by atoms with Gasteiger partial charge < -0.3 is 19.1 Å². The minimum Gasteiger partial charge on any atom is -0.494 e. The second kappa shape index (κ2) is 7.26. The third-order valence-electron chi connectivity index (χ3n) is 3.79. The molecule has 3 rings (SSSR count). The Morgan fingerprint density at radius 3 is 2.36 bits per heavy atom. The minimum absolute atomic E-state index is 0.0571. The van der Waals surface area contributed by atoms with Crippen molar-refractivity contribution in [3.63, 3.8) is 0 Å². The normalized spacial score (nSPS) is 11.6. The number of aromatic nitrogens is 1. The quantitative estimate of drug-likeness (QED) is 0.629. The van der Waals surface area contributed by atoms with Crippen LogP contribution in [0.3, 0.4) is 0 Å². The molecule has 0 aliphatic carbocycles. The largest absolute Gasteiger partial charge is 0.573 e. The Hall–Kier alpha value is -3.48. The molecule has 0 unspecified atom stereocenters. The molecule has 0 bridgehead atoms. The molecule has 0 aliphatic rings. The van der Waals surface area contributed by atoms with Crippen molar-refractivity contribution in [3.8, 4) is 23.4 Å². The third-order valence-corrected chi connectivity index (χ3v) is 3.79. The van der Waals surface area contributed by atoms with Crippen LogP contribution in [0.5, 0.6) is 17.4 Å². The molecule has 1 heterocycles. The zero-order valence-corrected chi connectivity index (χ0v) is 13.9. The highest BCUT2D eigenvalue weighted by atomic mass is 19.4. The number of alkyl halides is 5. The lowest BCUT2D eigenvalue weighted by molar-refractivity contribution is -0.274. The Bertz CT molecular complexity index is 1040. The fourth-order valence-corrected chi connectivity index (χ4v) is 2.73. The van der Waals surface area contributed by atoms with Gasteiger partial charge in [0.1, 0.15) is 17.6 Å². The molecule has 3 aromatic rings. The number of benzene rings is 2. The lowest BCUT2D eigenvalue weighted by atomic mass is 10.1. The predicted octanol–water partition coefficient (Wildman–Crippen LogP) is 4.77. The predicted molar refractivity (Wildman–Crippen MR) is 87.2 cm³/mol. The van der Waals surface area contributed by atoms with Crippen LogP contribution in [-0.2, 0) is 6.54 Å². The molecule has 0 saturated carbocycles. The van der Waals surface area contributed by atoms with Crippen molar-refractivity contribution in [1.29, 1.82) is 5.26 Å². The first-order valence-corrected chi connectivity index (χ1v) is 7.72. The van der Waals surface area contributed by atoms with Crippen molar-refractivity contribution >= 4 is 10.8 Å². The summed E-state index contributed by atoms with van der Waals surface area (Å²) in [5.41, 5.74) is 0.478. The number of fused-ring (bicyclic) bond motifs is 1. The molecular weight excluding hydrogens is 387 g/mol. The molecule has 0 atom stereocenters. The average molecular weight is 398 g/mol. The van der Waals surface area contributed by atoms with E-state index in [1.807, 2.05) is 6.07 Å². The van der Waals surface area contributed by atoms with Crippen molar-refractivity contribution < 1.29 is 36.5 Å². The molecule has 10 heteroatoms. The number of ether oxygens (including phenoxy) is 2. The Labute approximate surface area is 154 Å². The van der Waals surface area contributed by atoms with Gasteiger partial charge in [-0.2, -0.15) is 14.0 Å². The summed E-state index contributed by atoms with van der Waals surface area (Å²) in [4.78, 5) is 0. The zero-order chi connectivity index (χ0) is 20.5. The van der Waals surface area contributed by atoms with Gasteiger partial charge in [-0.05, 0) is 29.8 Å². The number of rotatable bonds is 5. The molecule has 2 aromatic carbocycles. The zero-order valence-electron chi connectivity index (χ0n) is 13.9. The van der Waals surface area contributed by atoms with Gasteiger partial charge >= 0.3 is 13.0 Å². The van der Waals surface area contributed by atoms with Gasteiger partial charge in [0.2, 0.25) is 5.88 Å². The number of hydrogen-bond acceptors (Lipinski definition) is 4. The van der Waals surface area contributed by atoms with Crippen molar-refractivity contribution in [1.82, 2.24) is 4.57 Å². The number of nitrogens with zero attached hydrogens (tertiary/aromatic N) is 2. The molecule has 5 nitrogen and oxygen atoms in total. The molecule has 0 spiro atoms. The molecule has 0 saturated heterocycles. The minimum atomic E-state index is -4.80. The summed E-state index contributed by atoms with van der Waals surface area (Å²) >= 11 is 0. The average Bonchev–Trinajstić information content (AvgIpc) is 2.90. The van der Waals surface area contributed by atoms with E-state index in [0.717, 1.165) is 18.2 Å². The number of nitriles is 1. The van der Waals surface area contributed by atoms with Crippen molar-refractivity contribution in [2.24, 2.45) is 0 Å². The van der Waals surface area contributed by atoms with Crippen LogP contribution in [0.25, 0.3) is 10.8 Å². The summed E-state index contributed by atoms with van der Waals surface area (Å²) in [7, 11) is 0. The van der Waals surface area contributed by atoms with Crippen LogP contribution < -0.4 is 9.47 Å². The molecule has 0 fully saturated rings. The van der Waals surface area contributed by atoms with Gasteiger partial charge in [0.15, 0.2) is 0 Å². The Morgan fingerprint density at radius 1 is 1.11 bits per heavy atom. The topological polar surface area (TPSA) is 67.4 Å². The number of aromatic hydroxyl groups is 1. The van der Waals surface area contributed by atoms with Crippen LogP contribution in [0, 0.1) is 11.3 Å². The second-order valence-electron chi connectivity index (χ2n) is 5.70.